The molecule has 6 nitrogen and oxygen atoms in total. The minimum atomic E-state index is 0.435. The third-order valence-electron chi connectivity index (χ3n) is 5.13. The van der Waals surface area contributed by atoms with Crippen molar-refractivity contribution < 1.29 is 4.74 Å². The van der Waals surface area contributed by atoms with Crippen LogP contribution in [-0.4, -0.2) is 27.7 Å². The van der Waals surface area contributed by atoms with Gasteiger partial charge in [-0.2, -0.15) is 5.10 Å². The van der Waals surface area contributed by atoms with Gasteiger partial charge in [-0.1, -0.05) is 13.0 Å². The molecule has 7 heteroatoms. The molecule has 4 aromatic rings. The molecule has 0 fully saturated rings. The molecule has 0 aliphatic carbocycles. The summed E-state index contributed by atoms with van der Waals surface area (Å²) in [7, 11) is 1.72. The van der Waals surface area contributed by atoms with Crippen LogP contribution in [0.3, 0.4) is 0 Å². The zero-order valence-electron chi connectivity index (χ0n) is 16.6. The summed E-state index contributed by atoms with van der Waals surface area (Å²) in [6.07, 6.45) is 4.62. The van der Waals surface area contributed by atoms with E-state index in [4.69, 9.17) is 10.5 Å². The number of methoxy groups -OCH3 is 1. The molecule has 3 aromatic heterocycles. The van der Waals surface area contributed by atoms with Crippen LogP contribution in [0.15, 0.2) is 30.7 Å². The van der Waals surface area contributed by atoms with Gasteiger partial charge in [0.05, 0.1) is 11.8 Å². The molecule has 0 saturated carbocycles. The van der Waals surface area contributed by atoms with Crippen molar-refractivity contribution in [2.75, 3.05) is 12.8 Å². The summed E-state index contributed by atoms with van der Waals surface area (Å²) >= 11 is 1.72. The van der Waals surface area contributed by atoms with Crippen LogP contribution in [-0.2, 0) is 6.54 Å². The second-order valence-electron chi connectivity index (χ2n) is 7.15. The van der Waals surface area contributed by atoms with Gasteiger partial charge in [-0.05, 0) is 48.9 Å². The van der Waals surface area contributed by atoms with Crippen LogP contribution >= 0.6 is 11.3 Å². The number of thiophene rings is 1. The zero-order valence-corrected chi connectivity index (χ0v) is 17.4. The van der Waals surface area contributed by atoms with E-state index in [-0.39, 0.29) is 0 Å². The SMILES string of the molecule is CCC(C)NCc1cn2ncnc(N)c2c1-c1cc2cc(C)cc(OC)c2s1. The van der Waals surface area contributed by atoms with Gasteiger partial charge in [0, 0.05) is 29.2 Å². The van der Waals surface area contributed by atoms with Gasteiger partial charge in [0.2, 0.25) is 0 Å². The maximum Gasteiger partial charge on any atom is 0.152 e. The van der Waals surface area contributed by atoms with Gasteiger partial charge in [0.25, 0.3) is 0 Å². The molecule has 0 aliphatic heterocycles. The van der Waals surface area contributed by atoms with Crippen molar-refractivity contribution in [1.29, 1.82) is 0 Å². The number of nitrogens with two attached hydrogens (primary N) is 1. The number of hydrogen-bond acceptors (Lipinski definition) is 6. The number of ether oxygens (including phenoxy) is 1. The second-order valence-corrected chi connectivity index (χ2v) is 8.21. The zero-order chi connectivity index (χ0) is 19.8. The molecule has 0 saturated heterocycles. The molecular formula is C21H25N5OS. The molecule has 1 atom stereocenters. The Morgan fingerprint density at radius 2 is 2.14 bits per heavy atom. The first kappa shape index (κ1) is 18.7. The van der Waals surface area contributed by atoms with Crippen LogP contribution in [0.5, 0.6) is 5.75 Å². The van der Waals surface area contributed by atoms with Gasteiger partial charge in [0.15, 0.2) is 5.82 Å². The highest BCUT2D eigenvalue weighted by Crippen LogP contribution is 2.43. The Hall–Kier alpha value is -2.64. The fraction of sp³-hybridized carbons (Fsp3) is 0.333. The fourth-order valence-corrected chi connectivity index (χ4v) is 4.68. The molecule has 0 aliphatic rings. The van der Waals surface area contributed by atoms with Crippen molar-refractivity contribution in [2.45, 2.75) is 39.8 Å². The molecule has 3 N–H and O–H groups in total. The number of benzene rings is 1. The van der Waals surface area contributed by atoms with Crippen molar-refractivity contribution in [3.63, 3.8) is 0 Å². The average Bonchev–Trinajstić information content (AvgIpc) is 3.26. The first-order valence-corrected chi connectivity index (χ1v) is 10.3. The molecule has 0 bridgehead atoms. The van der Waals surface area contributed by atoms with Gasteiger partial charge in [0.1, 0.15) is 17.6 Å². The van der Waals surface area contributed by atoms with Crippen LogP contribution in [0.2, 0.25) is 0 Å². The van der Waals surface area contributed by atoms with Crippen molar-refractivity contribution in [3.8, 4) is 16.2 Å². The van der Waals surface area contributed by atoms with Gasteiger partial charge in [-0.3, -0.25) is 0 Å². The van der Waals surface area contributed by atoms with E-state index in [1.54, 1.807) is 18.4 Å². The third-order valence-corrected chi connectivity index (χ3v) is 6.31. The van der Waals surface area contributed by atoms with E-state index < -0.39 is 0 Å². The fourth-order valence-electron chi connectivity index (χ4n) is 3.46. The monoisotopic (exact) mass is 395 g/mol. The lowest BCUT2D eigenvalue weighted by atomic mass is 10.1. The highest BCUT2D eigenvalue weighted by atomic mass is 32.1. The number of hydrogen-bond donors (Lipinski definition) is 2. The molecule has 3 heterocycles. The van der Waals surface area contributed by atoms with Crippen LogP contribution in [0.25, 0.3) is 26.0 Å². The highest BCUT2D eigenvalue weighted by molar-refractivity contribution is 7.22. The van der Waals surface area contributed by atoms with E-state index in [1.807, 2.05) is 10.7 Å². The Morgan fingerprint density at radius 1 is 1.32 bits per heavy atom. The van der Waals surface area contributed by atoms with Gasteiger partial charge in [-0.25, -0.2) is 9.50 Å². The Bertz CT molecular complexity index is 1150. The quantitative estimate of drug-likeness (QED) is 0.506. The van der Waals surface area contributed by atoms with Crippen LogP contribution in [0, 0.1) is 6.92 Å². The molecule has 28 heavy (non-hydrogen) atoms. The van der Waals surface area contributed by atoms with Crippen molar-refractivity contribution in [1.82, 2.24) is 19.9 Å². The first-order chi connectivity index (χ1) is 13.5. The number of rotatable bonds is 6. The lowest BCUT2D eigenvalue weighted by Crippen LogP contribution is -2.24. The Labute approximate surface area is 168 Å². The summed E-state index contributed by atoms with van der Waals surface area (Å²) in [6, 6.07) is 6.91. The minimum absolute atomic E-state index is 0.435. The maximum atomic E-state index is 6.25. The van der Waals surface area contributed by atoms with E-state index in [0.717, 1.165) is 44.9 Å². The van der Waals surface area contributed by atoms with Crippen LogP contribution in [0.4, 0.5) is 5.82 Å². The van der Waals surface area contributed by atoms with E-state index >= 15 is 0 Å². The number of anilines is 1. The molecule has 0 spiro atoms. The normalized spacial score (nSPS) is 12.7. The number of nitrogens with zero attached hydrogens (tertiary/aromatic N) is 3. The van der Waals surface area contributed by atoms with Crippen molar-refractivity contribution >= 4 is 32.8 Å². The number of nitrogens with one attached hydrogen (secondary N) is 1. The predicted octanol–water partition coefficient (Wildman–Crippen LogP) is 4.40. The Balaban J connectivity index is 1.92. The van der Waals surface area contributed by atoms with E-state index in [2.05, 4.69) is 54.4 Å². The van der Waals surface area contributed by atoms with Gasteiger partial charge in [-0.15, -0.1) is 11.3 Å². The molecule has 0 amide bonds. The molecule has 1 aromatic carbocycles. The van der Waals surface area contributed by atoms with Gasteiger partial charge >= 0.3 is 0 Å². The van der Waals surface area contributed by atoms with E-state index in [0.29, 0.717) is 11.9 Å². The lowest BCUT2D eigenvalue weighted by Gasteiger charge is -2.11. The van der Waals surface area contributed by atoms with E-state index in [1.165, 1.54) is 17.3 Å². The largest absolute Gasteiger partial charge is 0.495 e. The summed E-state index contributed by atoms with van der Waals surface area (Å²) in [5.41, 5.74) is 10.5. The molecule has 0 radical (unpaired) electrons. The smallest absolute Gasteiger partial charge is 0.152 e. The Morgan fingerprint density at radius 3 is 2.89 bits per heavy atom. The number of aryl methyl sites for hydroxylation is 1. The number of fused-ring (bicyclic) bond motifs is 2. The Kier molecular flexibility index (Phi) is 4.95. The molecule has 146 valence electrons. The molecule has 4 rings (SSSR count). The van der Waals surface area contributed by atoms with Crippen LogP contribution < -0.4 is 15.8 Å². The summed E-state index contributed by atoms with van der Waals surface area (Å²) in [4.78, 5) is 5.37. The second kappa shape index (κ2) is 7.41. The molecular weight excluding hydrogens is 370 g/mol. The minimum Gasteiger partial charge on any atom is -0.495 e. The topological polar surface area (TPSA) is 77.5 Å². The first-order valence-electron chi connectivity index (χ1n) is 9.44. The average molecular weight is 396 g/mol. The highest BCUT2D eigenvalue weighted by Gasteiger charge is 2.20. The standard InChI is InChI=1S/C21H25N5OS/c1-5-13(3)23-9-15-10-26-19(21(22)24-11-25-26)18(15)17-8-14-6-12(2)7-16(27-4)20(14)28-17/h6-8,10-11,13,23H,5,9H2,1-4H3,(H2,22,24,25). The number of aromatic nitrogens is 3. The van der Waals surface area contributed by atoms with Crippen molar-refractivity contribution in [2.24, 2.45) is 0 Å². The van der Waals surface area contributed by atoms with E-state index in [9.17, 15) is 0 Å². The van der Waals surface area contributed by atoms with Gasteiger partial charge < -0.3 is 15.8 Å². The summed E-state index contributed by atoms with van der Waals surface area (Å²) in [6.45, 7) is 7.20. The third kappa shape index (κ3) is 3.21. The summed E-state index contributed by atoms with van der Waals surface area (Å²) in [5, 5.41) is 9.13. The lowest BCUT2D eigenvalue weighted by molar-refractivity contribution is 0.420. The van der Waals surface area contributed by atoms with Crippen LogP contribution in [0.1, 0.15) is 31.4 Å². The number of nitrogen functional groups attached to an aromatic ring is 1. The predicted molar refractivity (Wildman–Crippen MR) is 116 cm³/mol. The molecule has 1 unspecified atom stereocenters. The maximum absolute atomic E-state index is 6.25. The van der Waals surface area contributed by atoms with Crippen molar-refractivity contribution in [3.05, 3.63) is 41.9 Å². The summed E-state index contributed by atoms with van der Waals surface area (Å²) < 4.78 is 8.59. The summed E-state index contributed by atoms with van der Waals surface area (Å²) in [5.74, 6) is 1.39.